The molecule has 7 nitrogen and oxygen atoms in total. The predicted molar refractivity (Wildman–Crippen MR) is 113 cm³/mol. The van der Waals surface area contributed by atoms with Crippen molar-refractivity contribution in [2.24, 2.45) is 0 Å². The zero-order valence-corrected chi connectivity index (χ0v) is 16.9. The summed E-state index contributed by atoms with van der Waals surface area (Å²) in [7, 11) is 0. The molecule has 1 N–H and O–H groups in total. The highest BCUT2D eigenvalue weighted by Crippen LogP contribution is 2.16. The van der Waals surface area contributed by atoms with Gasteiger partial charge in [0, 0.05) is 18.2 Å². The predicted octanol–water partition coefficient (Wildman–Crippen LogP) is 3.58. The van der Waals surface area contributed by atoms with Crippen LogP contribution in [0.2, 0.25) is 0 Å². The molecule has 0 spiro atoms. The summed E-state index contributed by atoms with van der Waals surface area (Å²) in [5, 5.41) is 6.94. The summed E-state index contributed by atoms with van der Waals surface area (Å²) >= 11 is 0. The van der Waals surface area contributed by atoms with E-state index >= 15 is 0 Å². The van der Waals surface area contributed by atoms with Crippen LogP contribution < -0.4 is 5.32 Å². The van der Waals surface area contributed by atoms with Gasteiger partial charge in [0.15, 0.2) is 11.9 Å². The van der Waals surface area contributed by atoms with Gasteiger partial charge < -0.3 is 10.1 Å². The fourth-order valence-electron chi connectivity index (χ4n) is 2.90. The van der Waals surface area contributed by atoms with Crippen LogP contribution >= 0.6 is 0 Å². The van der Waals surface area contributed by atoms with Gasteiger partial charge >= 0.3 is 5.97 Å². The molecule has 1 aromatic heterocycles. The number of aromatic nitrogens is 2. The number of hydrogen-bond donors (Lipinski definition) is 1. The van der Waals surface area contributed by atoms with E-state index in [2.05, 4.69) is 10.4 Å². The molecule has 1 unspecified atom stereocenters. The first-order chi connectivity index (χ1) is 14.4. The number of para-hydroxylation sites is 2. The summed E-state index contributed by atoms with van der Waals surface area (Å²) in [5.74, 6) is -1.13. The molecule has 0 aliphatic heterocycles. The molecular formula is C23H23N3O4. The first-order valence-electron chi connectivity index (χ1n) is 9.63. The number of Topliss-reactive ketones (excluding diaryl/α,β-unsaturated/α-hetero) is 1. The number of anilines is 1. The number of rotatable bonds is 8. The van der Waals surface area contributed by atoms with Crippen molar-refractivity contribution in [2.45, 2.75) is 32.8 Å². The van der Waals surface area contributed by atoms with Gasteiger partial charge in [-0.1, -0.05) is 30.3 Å². The maximum absolute atomic E-state index is 12.3. The second kappa shape index (κ2) is 9.65. The summed E-state index contributed by atoms with van der Waals surface area (Å²) in [5.41, 5.74) is 2.62. The third kappa shape index (κ3) is 5.41. The van der Waals surface area contributed by atoms with Crippen LogP contribution in [-0.4, -0.2) is 33.5 Å². The third-order valence-corrected chi connectivity index (χ3v) is 4.52. The molecule has 0 radical (unpaired) electrons. The standard InChI is InChI=1S/C23H23N3O4/c1-16(27)20-10-6-7-11-21(20)25-23(29)17(2)30-22(28)13-12-18-14-24-26(15-18)19-8-4-3-5-9-19/h3-11,14-15,17H,12-13H2,1-2H3,(H,25,29). The number of nitrogens with zero attached hydrogens (tertiary/aromatic N) is 2. The van der Waals surface area contributed by atoms with Crippen LogP contribution in [0.25, 0.3) is 5.69 Å². The molecule has 0 saturated heterocycles. The molecule has 30 heavy (non-hydrogen) atoms. The largest absolute Gasteiger partial charge is 0.453 e. The van der Waals surface area contributed by atoms with Crippen molar-refractivity contribution in [3.05, 3.63) is 78.1 Å². The summed E-state index contributed by atoms with van der Waals surface area (Å²) in [4.78, 5) is 36.2. The molecule has 0 saturated carbocycles. The average molecular weight is 405 g/mol. The van der Waals surface area contributed by atoms with Gasteiger partial charge in [-0.25, -0.2) is 4.68 Å². The molecule has 154 valence electrons. The Morgan fingerprint density at radius 2 is 1.77 bits per heavy atom. The molecule has 3 aromatic rings. The Bertz CT molecular complexity index is 1040. The minimum Gasteiger partial charge on any atom is -0.453 e. The minimum atomic E-state index is -0.982. The number of benzene rings is 2. The highest BCUT2D eigenvalue weighted by atomic mass is 16.5. The lowest BCUT2D eigenvalue weighted by Crippen LogP contribution is -2.30. The van der Waals surface area contributed by atoms with Gasteiger partial charge in [0.25, 0.3) is 5.91 Å². The number of amides is 1. The summed E-state index contributed by atoms with van der Waals surface area (Å²) < 4.78 is 6.97. The fourth-order valence-corrected chi connectivity index (χ4v) is 2.90. The molecular weight excluding hydrogens is 382 g/mol. The summed E-state index contributed by atoms with van der Waals surface area (Å²) in [6.07, 6.45) is 3.16. The second-order valence-electron chi connectivity index (χ2n) is 6.85. The number of nitrogens with one attached hydrogen (secondary N) is 1. The van der Waals surface area contributed by atoms with Gasteiger partial charge in [-0.05, 0) is 50.1 Å². The number of esters is 1. The molecule has 1 heterocycles. The van der Waals surface area contributed by atoms with Crippen LogP contribution in [0.4, 0.5) is 5.69 Å². The van der Waals surface area contributed by atoms with Crippen molar-refractivity contribution in [1.29, 1.82) is 0 Å². The SMILES string of the molecule is CC(=O)c1ccccc1NC(=O)C(C)OC(=O)CCc1cnn(-c2ccccc2)c1. The number of ether oxygens (including phenoxy) is 1. The Balaban J connectivity index is 1.51. The van der Waals surface area contributed by atoms with Crippen molar-refractivity contribution in [3.63, 3.8) is 0 Å². The molecule has 7 heteroatoms. The van der Waals surface area contributed by atoms with Crippen LogP contribution in [0.15, 0.2) is 67.0 Å². The van der Waals surface area contributed by atoms with Gasteiger partial charge in [0.05, 0.1) is 17.6 Å². The third-order valence-electron chi connectivity index (χ3n) is 4.52. The number of hydrogen-bond acceptors (Lipinski definition) is 5. The first-order valence-corrected chi connectivity index (χ1v) is 9.63. The van der Waals surface area contributed by atoms with Gasteiger partial charge in [-0.3, -0.25) is 14.4 Å². The van der Waals surface area contributed by atoms with Crippen LogP contribution in [-0.2, 0) is 20.7 Å². The van der Waals surface area contributed by atoms with E-state index in [0.29, 0.717) is 17.7 Å². The Morgan fingerprint density at radius 1 is 1.07 bits per heavy atom. The number of carbonyl (C=O) groups is 3. The second-order valence-corrected chi connectivity index (χ2v) is 6.85. The number of carbonyl (C=O) groups excluding carboxylic acids is 3. The van der Waals surface area contributed by atoms with E-state index in [1.54, 1.807) is 35.1 Å². The Kier molecular flexibility index (Phi) is 6.75. The minimum absolute atomic E-state index is 0.127. The lowest BCUT2D eigenvalue weighted by molar-refractivity contribution is -0.153. The molecule has 1 amide bonds. The zero-order chi connectivity index (χ0) is 21.5. The average Bonchev–Trinajstić information content (AvgIpc) is 3.22. The molecule has 2 aromatic carbocycles. The van der Waals surface area contributed by atoms with Crippen molar-refractivity contribution in [1.82, 2.24) is 9.78 Å². The smallest absolute Gasteiger partial charge is 0.306 e. The normalized spacial score (nSPS) is 11.5. The van der Waals surface area contributed by atoms with Crippen molar-refractivity contribution in [2.75, 3.05) is 5.32 Å². The number of aryl methyl sites for hydroxylation is 1. The molecule has 0 fully saturated rings. The van der Waals surface area contributed by atoms with Crippen molar-refractivity contribution < 1.29 is 19.1 Å². The molecule has 0 bridgehead atoms. The lowest BCUT2D eigenvalue weighted by Gasteiger charge is -2.14. The van der Waals surface area contributed by atoms with Crippen LogP contribution in [0.1, 0.15) is 36.2 Å². The maximum atomic E-state index is 12.3. The molecule has 3 rings (SSSR count). The van der Waals surface area contributed by atoms with Crippen LogP contribution in [0, 0.1) is 0 Å². The van der Waals surface area contributed by atoms with Crippen LogP contribution in [0.5, 0.6) is 0 Å². The molecule has 0 aliphatic rings. The van der Waals surface area contributed by atoms with E-state index in [9.17, 15) is 14.4 Å². The van der Waals surface area contributed by atoms with E-state index in [1.807, 2.05) is 36.5 Å². The summed E-state index contributed by atoms with van der Waals surface area (Å²) in [6.45, 7) is 2.92. The van der Waals surface area contributed by atoms with E-state index in [4.69, 9.17) is 4.74 Å². The lowest BCUT2D eigenvalue weighted by atomic mass is 10.1. The monoisotopic (exact) mass is 405 g/mol. The van der Waals surface area contributed by atoms with Gasteiger partial charge in [0.2, 0.25) is 0 Å². The van der Waals surface area contributed by atoms with Gasteiger partial charge in [0.1, 0.15) is 0 Å². The zero-order valence-electron chi connectivity index (χ0n) is 16.9. The van der Waals surface area contributed by atoms with Crippen molar-refractivity contribution >= 4 is 23.3 Å². The quantitative estimate of drug-likeness (QED) is 0.457. The molecule has 0 aliphatic carbocycles. The van der Waals surface area contributed by atoms with Gasteiger partial charge in [-0.2, -0.15) is 5.10 Å². The highest BCUT2D eigenvalue weighted by molar-refractivity contribution is 6.04. The van der Waals surface area contributed by atoms with E-state index in [-0.39, 0.29) is 12.2 Å². The Morgan fingerprint density at radius 3 is 2.50 bits per heavy atom. The Labute approximate surface area is 174 Å². The van der Waals surface area contributed by atoms with E-state index in [1.165, 1.54) is 13.8 Å². The Hall–Kier alpha value is -3.74. The molecule has 1 atom stereocenters. The maximum Gasteiger partial charge on any atom is 0.306 e. The van der Waals surface area contributed by atoms with Crippen molar-refractivity contribution in [3.8, 4) is 5.69 Å². The first kappa shape index (κ1) is 21.0. The topological polar surface area (TPSA) is 90.3 Å². The fraction of sp³-hybridized carbons (Fsp3) is 0.217. The highest BCUT2D eigenvalue weighted by Gasteiger charge is 2.19. The number of ketones is 1. The summed E-state index contributed by atoms with van der Waals surface area (Å²) in [6, 6.07) is 16.4. The van der Waals surface area contributed by atoms with E-state index < -0.39 is 18.0 Å². The van der Waals surface area contributed by atoms with Gasteiger partial charge in [-0.15, -0.1) is 0 Å². The van der Waals surface area contributed by atoms with E-state index in [0.717, 1.165) is 11.3 Å². The van der Waals surface area contributed by atoms with Crippen LogP contribution in [0.3, 0.4) is 0 Å².